The van der Waals surface area contributed by atoms with Gasteiger partial charge < -0.3 is 10.1 Å². The van der Waals surface area contributed by atoms with Crippen LogP contribution in [0.3, 0.4) is 0 Å². The van der Waals surface area contributed by atoms with E-state index in [9.17, 15) is 4.79 Å². The average molecular weight is 289 g/mol. The van der Waals surface area contributed by atoms with E-state index in [4.69, 9.17) is 4.74 Å². The van der Waals surface area contributed by atoms with Crippen LogP contribution in [-0.4, -0.2) is 31.9 Å². The second-order valence-electron chi connectivity index (χ2n) is 4.51. The Morgan fingerprint density at radius 2 is 2.00 bits per heavy atom. The number of fused-ring (bicyclic) bond motifs is 1. The molecule has 2 aromatic rings. The minimum absolute atomic E-state index is 0.202. The maximum Gasteiger partial charge on any atom is 0.322 e. The monoisotopic (exact) mass is 289 g/mol. The molecule has 1 atom stereocenters. The Labute approximate surface area is 123 Å². The SMILES string of the molecule is CNC(CCSc1ccc2ccccc2c1)C(=O)OC. The Hall–Kier alpha value is -1.52. The molecule has 0 radical (unpaired) electrons. The summed E-state index contributed by atoms with van der Waals surface area (Å²) in [5, 5.41) is 5.48. The first kappa shape index (κ1) is 14.9. The summed E-state index contributed by atoms with van der Waals surface area (Å²) in [6.07, 6.45) is 0.751. The summed E-state index contributed by atoms with van der Waals surface area (Å²) < 4.78 is 4.75. The number of hydrogen-bond acceptors (Lipinski definition) is 4. The topological polar surface area (TPSA) is 38.3 Å². The van der Waals surface area contributed by atoms with Crippen LogP contribution in [0.1, 0.15) is 6.42 Å². The first-order chi connectivity index (χ1) is 9.74. The fraction of sp³-hybridized carbons (Fsp3) is 0.312. The molecule has 0 fully saturated rings. The van der Waals surface area contributed by atoms with E-state index in [2.05, 4.69) is 35.6 Å². The van der Waals surface area contributed by atoms with Gasteiger partial charge in [0, 0.05) is 10.6 Å². The predicted octanol–water partition coefficient (Wildman–Crippen LogP) is 3.08. The number of benzene rings is 2. The molecule has 0 bridgehead atoms. The fourth-order valence-electron chi connectivity index (χ4n) is 2.07. The van der Waals surface area contributed by atoms with Crippen molar-refractivity contribution >= 4 is 28.5 Å². The number of thioether (sulfide) groups is 1. The molecule has 4 heteroatoms. The molecule has 2 rings (SSSR count). The Morgan fingerprint density at radius 1 is 1.25 bits per heavy atom. The Balaban J connectivity index is 1.94. The molecule has 2 aromatic carbocycles. The van der Waals surface area contributed by atoms with Gasteiger partial charge in [0.1, 0.15) is 6.04 Å². The highest BCUT2D eigenvalue weighted by Crippen LogP contribution is 2.24. The molecular weight excluding hydrogens is 270 g/mol. The summed E-state index contributed by atoms with van der Waals surface area (Å²) in [4.78, 5) is 12.7. The lowest BCUT2D eigenvalue weighted by Gasteiger charge is -2.13. The maximum atomic E-state index is 11.5. The van der Waals surface area contributed by atoms with E-state index in [1.54, 1.807) is 18.8 Å². The van der Waals surface area contributed by atoms with E-state index in [1.165, 1.54) is 22.8 Å². The lowest BCUT2D eigenvalue weighted by atomic mass is 10.1. The molecule has 0 saturated carbocycles. The van der Waals surface area contributed by atoms with Crippen molar-refractivity contribution in [2.45, 2.75) is 17.4 Å². The molecule has 0 aliphatic carbocycles. The molecule has 0 aliphatic heterocycles. The van der Waals surface area contributed by atoms with Crippen LogP contribution in [0.5, 0.6) is 0 Å². The second-order valence-corrected chi connectivity index (χ2v) is 5.68. The van der Waals surface area contributed by atoms with E-state index in [0.29, 0.717) is 0 Å². The van der Waals surface area contributed by atoms with Crippen LogP contribution in [0.15, 0.2) is 47.4 Å². The minimum Gasteiger partial charge on any atom is -0.468 e. The van der Waals surface area contributed by atoms with Crippen molar-refractivity contribution in [1.29, 1.82) is 0 Å². The molecule has 0 aromatic heterocycles. The van der Waals surface area contributed by atoms with Gasteiger partial charge in [0.25, 0.3) is 0 Å². The molecule has 0 amide bonds. The number of ether oxygens (including phenoxy) is 1. The minimum atomic E-state index is -0.229. The van der Waals surface area contributed by atoms with Gasteiger partial charge in [-0.2, -0.15) is 0 Å². The number of nitrogens with one attached hydrogen (secondary N) is 1. The summed E-state index contributed by atoms with van der Waals surface area (Å²) in [6.45, 7) is 0. The van der Waals surface area contributed by atoms with E-state index in [-0.39, 0.29) is 12.0 Å². The molecule has 20 heavy (non-hydrogen) atoms. The largest absolute Gasteiger partial charge is 0.468 e. The second kappa shape index (κ2) is 7.31. The first-order valence-corrected chi connectivity index (χ1v) is 7.60. The highest BCUT2D eigenvalue weighted by atomic mass is 32.2. The lowest BCUT2D eigenvalue weighted by molar-refractivity contribution is -0.143. The van der Waals surface area contributed by atoms with E-state index >= 15 is 0 Å². The predicted molar refractivity (Wildman–Crippen MR) is 84.2 cm³/mol. The lowest BCUT2D eigenvalue weighted by Crippen LogP contribution is -2.35. The van der Waals surface area contributed by atoms with Crippen molar-refractivity contribution in [3.05, 3.63) is 42.5 Å². The zero-order chi connectivity index (χ0) is 14.4. The third-order valence-electron chi connectivity index (χ3n) is 3.23. The quantitative estimate of drug-likeness (QED) is 0.655. The molecule has 0 spiro atoms. The smallest absolute Gasteiger partial charge is 0.322 e. The van der Waals surface area contributed by atoms with Crippen molar-refractivity contribution < 1.29 is 9.53 Å². The summed E-state index contributed by atoms with van der Waals surface area (Å²) >= 11 is 1.76. The molecule has 106 valence electrons. The summed E-state index contributed by atoms with van der Waals surface area (Å²) in [6, 6.07) is 14.5. The Kier molecular flexibility index (Phi) is 5.44. The molecular formula is C16H19NO2S. The van der Waals surface area contributed by atoms with Crippen LogP contribution in [0.25, 0.3) is 10.8 Å². The Morgan fingerprint density at radius 3 is 2.70 bits per heavy atom. The number of carbonyl (C=O) groups excluding carboxylic acids is 1. The van der Waals surface area contributed by atoms with Gasteiger partial charge in [-0.25, -0.2) is 0 Å². The maximum absolute atomic E-state index is 11.5. The van der Waals surface area contributed by atoms with E-state index < -0.39 is 0 Å². The van der Waals surface area contributed by atoms with E-state index in [1.807, 2.05) is 12.1 Å². The van der Waals surface area contributed by atoms with Crippen molar-refractivity contribution in [2.75, 3.05) is 19.9 Å². The van der Waals surface area contributed by atoms with Gasteiger partial charge in [-0.05, 0) is 36.4 Å². The van der Waals surface area contributed by atoms with Gasteiger partial charge in [-0.3, -0.25) is 4.79 Å². The molecule has 0 saturated heterocycles. The van der Waals surface area contributed by atoms with Crippen LogP contribution in [-0.2, 0) is 9.53 Å². The zero-order valence-corrected chi connectivity index (χ0v) is 12.6. The third-order valence-corrected chi connectivity index (χ3v) is 4.26. The van der Waals surface area contributed by atoms with Gasteiger partial charge in [-0.1, -0.05) is 30.3 Å². The van der Waals surface area contributed by atoms with Crippen LogP contribution >= 0.6 is 11.8 Å². The fourth-order valence-corrected chi connectivity index (χ4v) is 3.04. The highest BCUT2D eigenvalue weighted by molar-refractivity contribution is 7.99. The van der Waals surface area contributed by atoms with Crippen molar-refractivity contribution in [2.24, 2.45) is 0 Å². The number of likely N-dealkylation sites (N-methyl/N-ethyl adjacent to an activating group) is 1. The normalized spacial score (nSPS) is 12.3. The van der Waals surface area contributed by atoms with Crippen LogP contribution in [0.4, 0.5) is 0 Å². The molecule has 0 heterocycles. The summed E-state index contributed by atoms with van der Waals surface area (Å²) in [5.41, 5.74) is 0. The number of rotatable bonds is 6. The van der Waals surface area contributed by atoms with Gasteiger partial charge >= 0.3 is 5.97 Å². The van der Waals surface area contributed by atoms with Gasteiger partial charge in [-0.15, -0.1) is 11.8 Å². The number of carbonyl (C=O) groups is 1. The standard InChI is InChI=1S/C16H19NO2S/c1-17-15(16(18)19-2)9-10-20-14-8-7-12-5-3-4-6-13(12)11-14/h3-8,11,15,17H,9-10H2,1-2H3. The molecule has 3 nitrogen and oxygen atoms in total. The number of esters is 1. The highest BCUT2D eigenvalue weighted by Gasteiger charge is 2.16. The molecule has 1 unspecified atom stereocenters. The number of methoxy groups -OCH3 is 1. The molecule has 0 aliphatic rings. The summed E-state index contributed by atoms with van der Waals surface area (Å²) in [5.74, 6) is 0.672. The molecule has 1 N–H and O–H groups in total. The zero-order valence-electron chi connectivity index (χ0n) is 11.8. The van der Waals surface area contributed by atoms with Crippen molar-refractivity contribution in [3.63, 3.8) is 0 Å². The number of hydrogen-bond donors (Lipinski definition) is 1. The van der Waals surface area contributed by atoms with Crippen molar-refractivity contribution in [3.8, 4) is 0 Å². The van der Waals surface area contributed by atoms with E-state index in [0.717, 1.165) is 12.2 Å². The van der Waals surface area contributed by atoms with Crippen LogP contribution in [0, 0.1) is 0 Å². The van der Waals surface area contributed by atoms with Gasteiger partial charge in [0.2, 0.25) is 0 Å². The van der Waals surface area contributed by atoms with Gasteiger partial charge in [0.05, 0.1) is 7.11 Å². The third kappa shape index (κ3) is 3.74. The van der Waals surface area contributed by atoms with Gasteiger partial charge in [0.15, 0.2) is 0 Å². The average Bonchev–Trinajstić information content (AvgIpc) is 2.50. The first-order valence-electron chi connectivity index (χ1n) is 6.61. The van der Waals surface area contributed by atoms with Crippen LogP contribution < -0.4 is 5.32 Å². The summed E-state index contributed by atoms with van der Waals surface area (Å²) in [7, 11) is 3.20. The Bertz CT molecular complexity index is 585. The van der Waals surface area contributed by atoms with Crippen molar-refractivity contribution in [1.82, 2.24) is 5.32 Å². The van der Waals surface area contributed by atoms with Crippen LogP contribution in [0.2, 0.25) is 0 Å².